The quantitative estimate of drug-likeness (QED) is 0.641. The van der Waals surface area contributed by atoms with Gasteiger partial charge in [0.2, 0.25) is 0 Å². The van der Waals surface area contributed by atoms with Crippen molar-refractivity contribution >= 4 is 0 Å². The van der Waals surface area contributed by atoms with Crippen LogP contribution >= 0.6 is 0 Å². The van der Waals surface area contributed by atoms with Crippen molar-refractivity contribution in [2.45, 2.75) is 45.1 Å². The van der Waals surface area contributed by atoms with Gasteiger partial charge in [-0.1, -0.05) is 0 Å². The van der Waals surface area contributed by atoms with E-state index >= 15 is 0 Å². The third-order valence-corrected chi connectivity index (χ3v) is 2.58. The van der Waals surface area contributed by atoms with Gasteiger partial charge in [-0.25, -0.2) is 0 Å². The van der Waals surface area contributed by atoms with Gasteiger partial charge in [0.15, 0.2) is 6.29 Å². The molecule has 0 radical (unpaired) electrons. The Kier molecular flexibility index (Phi) is 3.50. The molecule has 1 N–H and O–H groups in total. The average molecular weight is 173 g/mol. The van der Waals surface area contributed by atoms with Gasteiger partial charge >= 0.3 is 0 Å². The molecule has 3 heteroatoms. The van der Waals surface area contributed by atoms with Gasteiger partial charge in [0, 0.05) is 13.2 Å². The van der Waals surface area contributed by atoms with Crippen LogP contribution in [0.15, 0.2) is 0 Å². The monoisotopic (exact) mass is 173 g/mol. The molecule has 3 nitrogen and oxygen atoms in total. The second-order valence-electron chi connectivity index (χ2n) is 3.67. The van der Waals surface area contributed by atoms with Gasteiger partial charge in [-0.3, -0.25) is 4.90 Å². The fourth-order valence-corrected chi connectivity index (χ4v) is 1.92. The highest BCUT2D eigenvalue weighted by Crippen LogP contribution is 2.22. The van der Waals surface area contributed by atoms with E-state index in [9.17, 15) is 5.11 Å². The minimum Gasteiger partial charge on any atom is -0.367 e. The summed E-state index contributed by atoms with van der Waals surface area (Å²) in [7, 11) is 1.56. The van der Waals surface area contributed by atoms with Crippen molar-refractivity contribution in [2.75, 3.05) is 13.7 Å². The van der Waals surface area contributed by atoms with E-state index in [-0.39, 0.29) is 6.04 Å². The Balaban J connectivity index is 2.51. The first-order valence-electron chi connectivity index (χ1n) is 4.63. The number of aliphatic hydroxyl groups is 1. The maximum Gasteiger partial charge on any atom is 0.169 e. The maximum absolute atomic E-state index is 9.51. The third kappa shape index (κ3) is 1.97. The van der Waals surface area contributed by atoms with Crippen LogP contribution in [-0.2, 0) is 4.74 Å². The zero-order valence-corrected chi connectivity index (χ0v) is 8.16. The lowest BCUT2D eigenvalue weighted by Crippen LogP contribution is -2.43. The summed E-state index contributed by atoms with van der Waals surface area (Å²) in [6.07, 6.45) is 1.60. The van der Waals surface area contributed by atoms with E-state index in [1.807, 2.05) is 0 Å². The van der Waals surface area contributed by atoms with Crippen LogP contribution in [0.25, 0.3) is 0 Å². The molecule has 0 aromatic carbocycles. The van der Waals surface area contributed by atoms with Gasteiger partial charge in [0.05, 0.1) is 6.04 Å². The average Bonchev–Trinajstić information content (AvgIpc) is 2.50. The predicted octanol–water partition coefficient (Wildman–Crippen LogP) is 0.824. The summed E-state index contributed by atoms with van der Waals surface area (Å²) < 4.78 is 4.93. The summed E-state index contributed by atoms with van der Waals surface area (Å²) in [4.78, 5) is 2.30. The third-order valence-electron chi connectivity index (χ3n) is 2.58. The second kappa shape index (κ2) is 4.21. The molecule has 0 aromatic rings. The first-order chi connectivity index (χ1) is 5.66. The molecule has 1 saturated heterocycles. The first-order valence-corrected chi connectivity index (χ1v) is 4.63. The van der Waals surface area contributed by atoms with Crippen LogP contribution in [0.3, 0.4) is 0 Å². The zero-order valence-electron chi connectivity index (χ0n) is 8.16. The Hall–Kier alpha value is -0.120. The lowest BCUT2D eigenvalue weighted by Gasteiger charge is -2.30. The van der Waals surface area contributed by atoms with Crippen LogP contribution in [0, 0.1) is 0 Å². The summed E-state index contributed by atoms with van der Waals surface area (Å²) in [5, 5.41) is 9.51. The van der Waals surface area contributed by atoms with Crippen LogP contribution < -0.4 is 0 Å². The molecular formula is C9H19NO2. The topological polar surface area (TPSA) is 32.7 Å². The molecule has 0 amide bonds. The highest BCUT2D eigenvalue weighted by Gasteiger charge is 2.31. The van der Waals surface area contributed by atoms with Gasteiger partial charge in [-0.2, -0.15) is 0 Å². The van der Waals surface area contributed by atoms with Gasteiger partial charge in [-0.15, -0.1) is 0 Å². The van der Waals surface area contributed by atoms with Crippen molar-refractivity contribution in [2.24, 2.45) is 0 Å². The predicted molar refractivity (Wildman–Crippen MR) is 47.9 cm³/mol. The van der Waals surface area contributed by atoms with Crippen molar-refractivity contribution in [1.82, 2.24) is 4.90 Å². The lowest BCUT2D eigenvalue weighted by atomic mass is 10.2. The summed E-state index contributed by atoms with van der Waals surface area (Å²) in [6, 6.07) is 0.706. The number of methoxy groups -OCH3 is 1. The molecule has 0 bridgehead atoms. The minimum atomic E-state index is -0.616. The van der Waals surface area contributed by atoms with Crippen LogP contribution in [0.4, 0.5) is 0 Å². The Morgan fingerprint density at radius 1 is 1.50 bits per heavy atom. The molecule has 0 aromatic heterocycles. The van der Waals surface area contributed by atoms with E-state index in [1.165, 1.54) is 6.42 Å². The summed E-state index contributed by atoms with van der Waals surface area (Å²) in [6.45, 7) is 5.39. The van der Waals surface area contributed by atoms with Crippen molar-refractivity contribution in [3.8, 4) is 0 Å². The second-order valence-corrected chi connectivity index (χ2v) is 3.67. The fourth-order valence-electron chi connectivity index (χ4n) is 1.92. The summed E-state index contributed by atoms with van der Waals surface area (Å²) in [5.74, 6) is 0. The lowest BCUT2D eigenvalue weighted by molar-refractivity contribution is -0.121. The number of rotatable bonds is 3. The van der Waals surface area contributed by atoms with Crippen LogP contribution in [0.5, 0.6) is 0 Å². The Morgan fingerprint density at radius 2 is 2.17 bits per heavy atom. The SMILES string of the molecule is COC(O)C1CCCN1C(C)C. The van der Waals surface area contributed by atoms with Crippen molar-refractivity contribution < 1.29 is 9.84 Å². The van der Waals surface area contributed by atoms with Crippen LogP contribution in [0.2, 0.25) is 0 Å². The zero-order chi connectivity index (χ0) is 9.14. The van der Waals surface area contributed by atoms with Gasteiger partial charge in [0.25, 0.3) is 0 Å². The molecule has 2 atom stereocenters. The Morgan fingerprint density at radius 3 is 2.67 bits per heavy atom. The fraction of sp³-hybridized carbons (Fsp3) is 1.00. The van der Waals surface area contributed by atoms with Crippen molar-refractivity contribution in [3.05, 3.63) is 0 Å². The molecular weight excluding hydrogens is 154 g/mol. The Labute approximate surface area is 74.3 Å². The van der Waals surface area contributed by atoms with Gasteiger partial charge in [0.1, 0.15) is 0 Å². The van der Waals surface area contributed by atoms with Crippen LogP contribution in [-0.4, -0.2) is 42.0 Å². The van der Waals surface area contributed by atoms with E-state index in [1.54, 1.807) is 7.11 Å². The molecule has 1 fully saturated rings. The van der Waals surface area contributed by atoms with E-state index < -0.39 is 6.29 Å². The first kappa shape index (κ1) is 9.96. The molecule has 72 valence electrons. The molecule has 0 spiro atoms. The molecule has 12 heavy (non-hydrogen) atoms. The molecule has 1 heterocycles. The van der Waals surface area contributed by atoms with E-state index in [0.717, 1.165) is 13.0 Å². The normalized spacial score (nSPS) is 28.2. The van der Waals surface area contributed by atoms with E-state index in [4.69, 9.17) is 4.74 Å². The number of aliphatic hydroxyl groups excluding tert-OH is 1. The summed E-state index contributed by atoms with van der Waals surface area (Å²) >= 11 is 0. The number of nitrogens with zero attached hydrogens (tertiary/aromatic N) is 1. The molecule has 0 saturated carbocycles. The maximum atomic E-state index is 9.51. The highest BCUT2D eigenvalue weighted by atomic mass is 16.6. The molecule has 0 aliphatic carbocycles. The number of hydrogen-bond acceptors (Lipinski definition) is 3. The molecule has 2 unspecified atom stereocenters. The molecule has 1 aliphatic rings. The summed E-state index contributed by atoms with van der Waals surface area (Å²) in [5.41, 5.74) is 0. The van der Waals surface area contributed by atoms with E-state index in [2.05, 4.69) is 18.7 Å². The number of likely N-dealkylation sites (tertiary alicyclic amines) is 1. The highest BCUT2D eigenvalue weighted by molar-refractivity contribution is 4.83. The van der Waals surface area contributed by atoms with Crippen molar-refractivity contribution in [3.63, 3.8) is 0 Å². The Bertz CT molecular complexity index is 138. The molecule has 1 aliphatic heterocycles. The van der Waals surface area contributed by atoms with Gasteiger partial charge in [-0.05, 0) is 33.2 Å². The largest absolute Gasteiger partial charge is 0.367 e. The smallest absolute Gasteiger partial charge is 0.169 e. The van der Waals surface area contributed by atoms with Gasteiger partial charge < -0.3 is 9.84 Å². The number of ether oxygens (including phenoxy) is 1. The molecule has 1 rings (SSSR count). The van der Waals surface area contributed by atoms with Crippen LogP contribution in [0.1, 0.15) is 26.7 Å². The minimum absolute atomic E-state index is 0.204. The number of hydrogen-bond donors (Lipinski definition) is 1. The van der Waals surface area contributed by atoms with E-state index in [0.29, 0.717) is 6.04 Å². The van der Waals surface area contributed by atoms with Crippen molar-refractivity contribution in [1.29, 1.82) is 0 Å². The standard InChI is InChI=1S/C9H19NO2/c1-7(2)10-6-4-5-8(10)9(11)12-3/h7-9,11H,4-6H2,1-3H3.